The van der Waals surface area contributed by atoms with Gasteiger partial charge < -0.3 is 14.6 Å². The first kappa shape index (κ1) is 16.4. The van der Waals surface area contributed by atoms with Gasteiger partial charge in [-0.05, 0) is 38.2 Å². The number of sulfone groups is 1. The van der Waals surface area contributed by atoms with Crippen molar-refractivity contribution in [2.75, 3.05) is 25.1 Å². The molecule has 0 aromatic carbocycles. The molecule has 1 saturated carbocycles. The second-order valence-electron chi connectivity index (χ2n) is 6.71. The molecule has 0 amide bonds. The Morgan fingerprint density at radius 2 is 2.22 bits per heavy atom. The van der Waals surface area contributed by atoms with E-state index in [1.54, 1.807) is 6.26 Å². The largest absolute Gasteiger partial charge is 0.469 e. The third-order valence-corrected chi connectivity index (χ3v) is 6.31. The fourth-order valence-corrected chi connectivity index (χ4v) is 4.67. The Kier molecular flexibility index (Phi) is 4.66. The number of nitrogens with one attached hydrogen (secondary N) is 1. The molecule has 1 atom stereocenters. The molecule has 1 aliphatic heterocycles. The van der Waals surface area contributed by atoms with Gasteiger partial charge in [0.25, 0.3) is 0 Å². The van der Waals surface area contributed by atoms with Crippen LogP contribution in [0.5, 0.6) is 0 Å². The van der Waals surface area contributed by atoms with Gasteiger partial charge in [0.1, 0.15) is 5.76 Å². The summed E-state index contributed by atoms with van der Waals surface area (Å²) in [6, 6.07) is 2.48. The summed E-state index contributed by atoms with van der Waals surface area (Å²) in [6.45, 7) is 3.25. The van der Waals surface area contributed by atoms with Crippen molar-refractivity contribution in [3.63, 3.8) is 0 Å². The van der Waals surface area contributed by atoms with Crippen LogP contribution in [-0.2, 0) is 16.4 Å². The van der Waals surface area contributed by atoms with Crippen molar-refractivity contribution >= 4 is 15.8 Å². The summed E-state index contributed by atoms with van der Waals surface area (Å²) >= 11 is 0. The van der Waals surface area contributed by atoms with Crippen LogP contribution in [0.25, 0.3) is 0 Å². The van der Waals surface area contributed by atoms with E-state index in [4.69, 9.17) is 9.41 Å². The zero-order valence-corrected chi connectivity index (χ0v) is 14.6. The van der Waals surface area contributed by atoms with Crippen molar-refractivity contribution in [1.29, 1.82) is 0 Å². The molecule has 0 radical (unpaired) electrons. The number of rotatable bonds is 5. The first-order chi connectivity index (χ1) is 10.9. The van der Waals surface area contributed by atoms with Gasteiger partial charge in [0.05, 0.1) is 17.8 Å². The van der Waals surface area contributed by atoms with E-state index in [-0.39, 0.29) is 11.7 Å². The lowest BCUT2D eigenvalue weighted by Gasteiger charge is -2.22. The van der Waals surface area contributed by atoms with Crippen LogP contribution in [0, 0.1) is 12.8 Å². The predicted octanol–water partition coefficient (Wildman–Crippen LogP) is 1.56. The topological polar surface area (TPSA) is 74.9 Å². The van der Waals surface area contributed by atoms with Crippen molar-refractivity contribution in [3.05, 3.63) is 23.7 Å². The molecular formula is C16H25N3O3S. The minimum Gasteiger partial charge on any atom is -0.469 e. The Labute approximate surface area is 137 Å². The van der Waals surface area contributed by atoms with E-state index in [1.165, 1.54) is 12.8 Å². The van der Waals surface area contributed by atoms with Gasteiger partial charge in [0, 0.05) is 31.7 Å². The van der Waals surface area contributed by atoms with E-state index in [1.807, 2.05) is 20.0 Å². The van der Waals surface area contributed by atoms with Gasteiger partial charge in [-0.25, -0.2) is 8.42 Å². The van der Waals surface area contributed by atoms with Gasteiger partial charge in [-0.15, -0.1) is 0 Å². The monoisotopic (exact) mass is 339 g/mol. The molecule has 0 bridgehead atoms. The molecule has 1 N–H and O–H groups in total. The minimum absolute atomic E-state index is 0.153. The minimum atomic E-state index is -2.84. The van der Waals surface area contributed by atoms with Crippen LogP contribution < -0.4 is 5.32 Å². The average Bonchev–Trinajstić information content (AvgIpc) is 3.13. The van der Waals surface area contributed by atoms with Gasteiger partial charge in [-0.3, -0.25) is 4.99 Å². The van der Waals surface area contributed by atoms with Crippen molar-refractivity contribution in [2.45, 2.75) is 38.8 Å². The number of hydrogen-bond acceptors (Lipinski definition) is 4. The number of furan rings is 1. The lowest BCUT2D eigenvalue weighted by molar-refractivity contribution is 0.458. The highest BCUT2D eigenvalue weighted by molar-refractivity contribution is 7.91. The SMILES string of the molecule is Cc1occc1CN(C)C(=NCC1CCS(=O)(=O)C1)NC1CC1. The van der Waals surface area contributed by atoms with E-state index in [0.29, 0.717) is 18.3 Å². The molecule has 6 nitrogen and oxygen atoms in total. The van der Waals surface area contributed by atoms with Gasteiger partial charge in [-0.1, -0.05) is 0 Å². The van der Waals surface area contributed by atoms with E-state index >= 15 is 0 Å². The number of hydrogen-bond donors (Lipinski definition) is 1. The summed E-state index contributed by atoms with van der Waals surface area (Å²) in [4.78, 5) is 6.78. The molecule has 1 aliphatic carbocycles. The van der Waals surface area contributed by atoms with Crippen molar-refractivity contribution in [3.8, 4) is 0 Å². The lowest BCUT2D eigenvalue weighted by atomic mass is 10.1. The summed E-state index contributed by atoms with van der Waals surface area (Å²) < 4.78 is 28.5. The van der Waals surface area contributed by atoms with Crippen LogP contribution in [0.4, 0.5) is 0 Å². The third kappa shape index (κ3) is 4.50. The van der Waals surface area contributed by atoms with Crippen LogP contribution in [0.15, 0.2) is 21.7 Å². The van der Waals surface area contributed by atoms with Crippen molar-refractivity contribution in [2.24, 2.45) is 10.9 Å². The number of aliphatic imine (C=N–C) groups is 1. The molecule has 2 fully saturated rings. The Bertz CT molecular complexity index is 676. The average molecular weight is 339 g/mol. The zero-order chi connectivity index (χ0) is 16.4. The number of aryl methyl sites for hydroxylation is 1. The fraction of sp³-hybridized carbons (Fsp3) is 0.688. The van der Waals surface area contributed by atoms with E-state index < -0.39 is 9.84 Å². The van der Waals surface area contributed by atoms with Crippen LogP contribution >= 0.6 is 0 Å². The molecule has 0 spiro atoms. The maximum Gasteiger partial charge on any atom is 0.194 e. The van der Waals surface area contributed by atoms with Crippen molar-refractivity contribution in [1.82, 2.24) is 10.2 Å². The van der Waals surface area contributed by atoms with Gasteiger partial charge in [0.15, 0.2) is 15.8 Å². The Hall–Kier alpha value is -1.50. The van der Waals surface area contributed by atoms with E-state index in [0.717, 1.165) is 30.2 Å². The standard InChI is InChI=1S/C16H25N3O3S/c1-12-14(5-7-22-12)10-19(2)16(18-15-3-4-15)17-9-13-6-8-23(20,21)11-13/h5,7,13,15H,3-4,6,8-11H2,1-2H3,(H,17,18). The van der Waals surface area contributed by atoms with Crippen LogP contribution in [0.3, 0.4) is 0 Å². The smallest absolute Gasteiger partial charge is 0.194 e. The molecule has 23 heavy (non-hydrogen) atoms. The molecule has 1 saturated heterocycles. The normalized spacial score (nSPS) is 23.9. The summed E-state index contributed by atoms with van der Waals surface area (Å²) in [6.07, 6.45) is 4.78. The van der Waals surface area contributed by atoms with Gasteiger partial charge in [-0.2, -0.15) is 0 Å². The molecule has 128 valence electrons. The second kappa shape index (κ2) is 6.55. The zero-order valence-electron chi connectivity index (χ0n) is 13.8. The molecule has 1 aromatic heterocycles. The molecule has 3 rings (SSSR count). The highest BCUT2D eigenvalue weighted by Crippen LogP contribution is 2.21. The van der Waals surface area contributed by atoms with Crippen LogP contribution in [-0.4, -0.2) is 50.4 Å². The van der Waals surface area contributed by atoms with Crippen LogP contribution in [0.2, 0.25) is 0 Å². The fourth-order valence-electron chi connectivity index (χ4n) is 2.82. The van der Waals surface area contributed by atoms with E-state index in [9.17, 15) is 8.42 Å². The van der Waals surface area contributed by atoms with E-state index in [2.05, 4.69) is 10.2 Å². The molecule has 1 aromatic rings. The third-order valence-electron chi connectivity index (χ3n) is 4.47. The summed E-state index contributed by atoms with van der Waals surface area (Å²) in [5.41, 5.74) is 1.14. The van der Waals surface area contributed by atoms with Crippen molar-refractivity contribution < 1.29 is 12.8 Å². The first-order valence-corrected chi connectivity index (χ1v) is 10.0. The first-order valence-electron chi connectivity index (χ1n) is 8.18. The second-order valence-corrected chi connectivity index (χ2v) is 8.94. The molecule has 7 heteroatoms. The highest BCUT2D eigenvalue weighted by atomic mass is 32.2. The maximum atomic E-state index is 11.6. The Morgan fingerprint density at radius 1 is 1.43 bits per heavy atom. The Morgan fingerprint density at radius 3 is 2.78 bits per heavy atom. The Balaban J connectivity index is 1.64. The van der Waals surface area contributed by atoms with Gasteiger partial charge >= 0.3 is 0 Å². The summed E-state index contributed by atoms with van der Waals surface area (Å²) in [5.74, 6) is 2.52. The quantitative estimate of drug-likeness (QED) is 0.651. The summed E-state index contributed by atoms with van der Waals surface area (Å²) in [5, 5.41) is 3.46. The highest BCUT2D eigenvalue weighted by Gasteiger charge is 2.28. The van der Waals surface area contributed by atoms with Gasteiger partial charge in [0.2, 0.25) is 0 Å². The maximum absolute atomic E-state index is 11.6. The molecular weight excluding hydrogens is 314 g/mol. The molecule has 2 aliphatic rings. The predicted molar refractivity (Wildman–Crippen MR) is 90.1 cm³/mol. The number of guanidine groups is 1. The summed E-state index contributed by atoms with van der Waals surface area (Å²) in [7, 11) is -0.831. The van der Waals surface area contributed by atoms with Crippen LogP contribution in [0.1, 0.15) is 30.6 Å². The molecule has 1 unspecified atom stereocenters. The number of nitrogens with zero attached hydrogens (tertiary/aromatic N) is 2. The molecule has 2 heterocycles. The lowest BCUT2D eigenvalue weighted by Crippen LogP contribution is -2.40.